The van der Waals surface area contributed by atoms with Crippen LogP contribution in [-0.4, -0.2) is 6.04 Å². The monoisotopic (exact) mass is 289 g/mol. The van der Waals surface area contributed by atoms with Crippen LogP contribution < -0.4 is 5.73 Å². The van der Waals surface area contributed by atoms with Crippen LogP contribution in [0.15, 0.2) is 22.7 Å². The lowest BCUT2D eigenvalue weighted by Crippen LogP contribution is -2.32. The molecule has 1 aromatic carbocycles. The Kier molecular flexibility index (Phi) is 3.05. The zero-order chi connectivity index (χ0) is 11.9. The number of nitrogens with two attached hydrogens (primary N) is 1. The zero-order valence-electron chi connectivity index (χ0n) is 9.01. The van der Waals surface area contributed by atoms with Crippen molar-refractivity contribution < 1.29 is 8.78 Å². The molecule has 88 valence electrons. The Balaban J connectivity index is 2.50. The molecule has 1 fully saturated rings. The van der Waals surface area contributed by atoms with Crippen LogP contribution in [0, 0.1) is 0 Å². The van der Waals surface area contributed by atoms with Crippen LogP contribution in [0.25, 0.3) is 0 Å². The summed E-state index contributed by atoms with van der Waals surface area (Å²) in [4.78, 5) is 0. The van der Waals surface area contributed by atoms with Gasteiger partial charge >= 0.3 is 0 Å². The molecule has 4 heteroatoms. The van der Waals surface area contributed by atoms with E-state index >= 15 is 0 Å². The molecule has 1 atom stereocenters. The lowest BCUT2D eigenvalue weighted by Gasteiger charge is -2.23. The number of halogens is 3. The second-order valence-electron chi connectivity index (χ2n) is 4.48. The minimum Gasteiger partial charge on any atom is -0.327 e. The van der Waals surface area contributed by atoms with Crippen molar-refractivity contribution in [2.75, 3.05) is 0 Å². The van der Waals surface area contributed by atoms with Gasteiger partial charge in [0.1, 0.15) is 0 Å². The van der Waals surface area contributed by atoms with Gasteiger partial charge in [-0.2, -0.15) is 0 Å². The molecule has 2 rings (SSSR count). The van der Waals surface area contributed by atoms with E-state index in [1.54, 1.807) is 12.1 Å². The van der Waals surface area contributed by atoms with E-state index < -0.39 is 6.43 Å². The van der Waals surface area contributed by atoms with E-state index in [1.807, 2.05) is 6.92 Å². The van der Waals surface area contributed by atoms with Crippen molar-refractivity contribution in [2.45, 2.75) is 37.6 Å². The second-order valence-corrected chi connectivity index (χ2v) is 5.39. The largest absolute Gasteiger partial charge is 0.327 e. The van der Waals surface area contributed by atoms with Gasteiger partial charge in [-0.1, -0.05) is 22.0 Å². The Labute approximate surface area is 102 Å². The molecule has 1 nitrogen and oxygen atoms in total. The molecule has 0 radical (unpaired) electrons. The number of alkyl halides is 2. The fourth-order valence-electron chi connectivity index (χ4n) is 2.25. The summed E-state index contributed by atoms with van der Waals surface area (Å²) in [5, 5.41) is 0. The summed E-state index contributed by atoms with van der Waals surface area (Å²) in [6.45, 7) is 1.89. The van der Waals surface area contributed by atoms with Gasteiger partial charge in [-0.05, 0) is 37.5 Å². The molecular formula is C12H14BrF2N. The first-order valence-electron chi connectivity index (χ1n) is 5.31. The maximum atomic E-state index is 12.9. The molecule has 0 aromatic heterocycles. The first-order valence-corrected chi connectivity index (χ1v) is 6.10. The van der Waals surface area contributed by atoms with Gasteiger partial charge in [0.15, 0.2) is 0 Å². The fourth-order valence-corrected chi connectivity index (χ4v) is 2.62. The van der Waals surface area contributed by atoms with Crippen molar-refractivity contribution in [1.82, 2.24) is 0 Å². The lowest BCUT2D eigenvalue weighted by molar-refractivity contribution is 0.149. The summed E-state index contributed by atoms with van der Waals surface area (Å²) in [5.41, 5.74) is 6.53. The van der Waals surface area contributed by atoms with Crippen molar-refractivity contribution in [1.29, 1.82) is 0 Å². The Hall–Kier alpha value is -0.480. The molecule has 0 spiro atoms. The Bertz CT molecular complexity index is 400. The first kappa shape index (κ1) is 12.0. The quantitative estimate of drug-likeness (QED) is 0.901. The highest BCUT2D eigenvalue weighted by Gasteiger charge is 2.49. The molecule has 1 unspecified atom stereocenters. The topological polar surface area (TPSA) is 26.0 Å². The number of hydrogen-bond acceptors (Lipinski definition) is 1. The summed E-state index contributed by atoms with van der Waals surface area (Å²) >= 11 is 3.33. The Morgan fingerprint density at radius 3 is 2.44 bits per heavy atom. The average molecular weight is 290 g/mol. The average Bonchev–Trinajstić information content (AvgIpc) is 2.97. The van der Waals surface area contributed by atoms with Gasteiger partial charge in [-0.15, -0.1) is 0 Å². The van der Waals surface area contributed by atoms with Gasteiger partial charge in [0.2, 0.25) is 0 Å². The molecular weight excluding hydrogens is 276 g/mol. The molecule has 0 bridgehead atoms. The highest BCUT2D eigenvalue weighted by atomic mass is 79.9. The third-order valence-corrected chi connectivity index (χ3v) is 3.94. The molecule has 0 amide bonds. The zero-order valence-corrected chi connectivity index (χ0v) is 10.6. The van der Waals surface area contributed by atoms with Gasteiger partial charge in [-0.3, -0.25) is 0 Å². The van der Waals surface area contributed by atoms with Crippen molar-refractivity contribution in [2.24, 2.45) is 5.73 Å². The van der Waals surface area contributed by atoms with Gasteiger partial charge in [-0.25, -0.2) is 8.78 Å². The van der Waals surface area contributed by atoms with Crippen LogP contribution in [-0.2, 0) is 5.41 Å². The minimum atomic E-state index is -2.43. The van der Waals surface area contributed by atoms with E-state index in [2.05, 4.69) is 15.9 Å². The number of benzene rings is 1. The standard InChI is InChI=1S/C12H14BrF2N/c1-7(16)12(4-5-12)10-6-8(13)2-3-9(10)11(14)15/h2-3,6-7,11H,4-5,16H2,1H3. The van der Waals surface area contributed by atoms with Crippen LogP contribution >= 0.6 is 15.9 Å². The molecule has 2 N–H and O–H groups in total. The number of hydrogen-bond donors (Lipinski definition) is 1. The highest BCUT2D eigenvalue weighted by Crippen LogP contribution is 2.53. The van der Waals surface area contributed by atoms with Crippen LogP contribution in [0.3, 0.4) is 0 Å². The SMILES string of the molecule is CC(N)C1(c2cc(Br)ccc2C(F)F)CC1. The van der Waals surface area contributed by atoms with E-state index in [0.717, 1.165) is 17.3 Å². The van der Waals surface area contributed by atoms with Crippen LogP contribution in [0.4, 0.5) is 8.78 Å². The van der Waals surface area contributed by atoms with E-state index in [-0.39, 0.29) is 17.0 Å². The third kappa shape index (κ3) is 1.89. The number of rotatable bonds is 3. The van der Waals surface area contributed by atoms with E-state index in [0.29, 0.717) is 5.56 Å². The van der Waals surface area contributed by atoms with Crippen molar-refractivity contribution in [3.8, 4) is 0 Å². The predicted octanol–water partition coefficient (Wildman–Crippen LogP) is 3.77. The van der Waals surface area contributed by atoms with Crippen LogP contribution in [0.1, 0.15) is 37.3 Å². The molecule has 1 aliphatic carbocycles. The Morgan fingerprint density at radius 1 is 1.38 bits per heavy atom. The molecule has 16 heavy (non-hydrogen) atoms. The summed E-state index contributed by atoms with van der Waals surface area (Å²) < 4.78 is 26.7. The minimum absolute atomic E-state index is 0.0840. The van der Waals surface area contributed by atoms with Crippen LogP contribution in [0.5, 0.6) is 0 Å². The maximum Gasteiger partial charge on any atom is 0.264 e. The molecule has 0 aliphatic heterocycles. The van der Waals surface area contributed by atoms with Crippen molar-refractivity contribution >= 4 is 15.9 Å². The fraction of sp³-hybridized carbons (Fsp3) is 0.500. The van der Waals surface area contributed by atoms with E-state index in [1.165, 1.54) is 6.07 Å². The lowest BCUT2D eigenvalue weighted by atomic mass is 9.86. The summed E-state index contributed by atoms with van der Waals surface area (Å²) in [6, 6.07) is 4.85. The maximum absolute atomic E-state index is 12.9. The molecule has 1 aliphatic rings. The third-order valence-electron chi connectivity index (χ3n) is 3.45. The second kappa shape index (κ2) is 4.08. The van der Waals surface area contributed by atoms with Crippen molar-refractivity contribution in [3.05, 3.63) is 33.8 Å². The predicted molar refractivity (Wildman–Crippen MR) is 63.7 cm³/mol. The molecule has 0 heterocycles. The normalized spacial score (nSPS) is 19.9. The summed E-state index contributed by atoms with van der Waals surface area (Å²) in [7, 11) is 0. The Morgan fingerprint density at radius 2 is 2.00 bits per heavy atom. The highest BCUT2D eigenvalue weighted by molar-refractivity contribution is 9.10. The van der Waals surface area contributed by atoms with Crippen LogP contribution in [0.2, 0.25) is 0 Å². The first-order chi connectivity index (χ1) is 7.47. The van der Waals surface area contributed by atoms with Crippen molar-refractivity contribution in [3.63, 3.8) is 0 Å². The van der Waals surface area contributed by atoms with E-state index in [9.17, 15) is 8.78 Å². The molecule has 0 saturated heterocycles. The molecule has 1 saturated carbocycles. The van der Waals surface area contributed by atoms with Gasteiger partial charge in [0.25, 0.3) is 6.43 Å². The summed E-state index contributed by atoms with van der Waals surface area (Å²) in [5.74, 6) is 0. The van der Waals surface area contributed by atoms with E-state index in [4.69, 9.17) is 5.73 Å². The summed E-state index contributed by atoms with van der Waals surface area (Å²) in [6.07, 6.45) is -0.624. The van der Waals surface area contributed by atoms with Gasteiger partial charge in [0.05, 0.1) is 0 Å². The molecule has 1 aromatic rings. The van der Waals surface area contributed by atoms with Gasteiger partial charge < -0.3 is 5.73 Å². The smallest absolute Gasteiger partial charge is 0.264 e. The van der Waals surface area contributed by atoms with Gasteiger partial charge in [0, 0.05) is 21.5 Å².